The van der Waals surface area contributed by atoms with E-state index in [1.165, 1.54) is 6.92 Å². The van der Waals surface area contributed by atoms with Gasteiger partial charge >= 0.3 is 6.03 Å². The quantitative estimate of drug-likeness (QED) is 0.0721. The topological polar surface area (TPSA) is 278 Å². The maximum Gasteiger partial charge on any atom is 0.341 e. The zero-order chi connectivity index (χ0) is 32.2. The van der Waals surface area contributed by atoms with Gasteiger partial charge in [0.2, 0.25) is 6.29 Å². The number of carbonyl (C=O) groups excluding carboxylic acids is 1. The van der Waals surface area contributed by atoms with Crippen LogP contribution < -0.4 is 38.9 Å². The Morgan fingerprint density at radius 1 is 1.11 bits per heavy atom. The SMILES string of the molecule is CN[C@@H]1[C@@H](O)[C@@H](O[C@H]2[C@H](NC(=O)N(O)CCN)C[C@H](N)C(O[C@H]3OC(CNCC4CC(N)C4)=CC[C@H]3N)[C@@H]2O)OC[C@]1(C)O. The number of ether oxygens (including phenoxy) is 4. The number of aliphatic hydroxyl groups is 3. The van der Waals surface area contributed by atoms with Crippen molar-refractivity contribution in [2.45, 2.75) is 105 Å². The lowest BCUT2D eigenvalue weighted by molar-refractivity contribution is -0.304. The molecule has 3 fully saturated rings. The molecule has 44 heavy (non-hydrogen) atoms. The Bertz CT molecular complexity index is 974. The van der Waals surface area contributed by atoms with Crippen LogP contribution in [0.1, 0.15) is 32.6 Å². The number of nitrogens with one attached hydrogen (secondary N) is 3. The van der Waals surface area contributed by atoms with Gasteiger partial charge in [-0.2, -0.15) is 0 Å². The third-order valence-electron chi connectivity index (χ3n) is 8.86. The number of carbonyl (C=O) groups is 1. The molecular formula is C27H52N8O9. The summed E-state index contributed by atoms with van der Waals surface area (Å²) in [4.78, 5) is 12.7. The van der Waals surface area contributed by atoms with Gasteiger partial charge in [-0.3, -0.25) is 5.21 Å². The van der Waals surface area contributed by atoms with Gasteiger partial charge < -0.3 is 73.2 Å². The van der Waals surface area contributed by atoms with Crippen LogP contribution in [-0.4, -0.2) is 144 Å². The normalized spacial score (nSPS) is 42.5. The van der Waals surface area contributed by atoms with Gasteiger partial charge in [0.25, 0.3) is 0 Å². The van der Waals surface area contributed by atoms with Gasteiger partial charge in [0.1, 0.15) is 35.8 Å². The molecule has 0 aromatic heterocycles. The third kappa shape index (κ3) is 8.35. The first kappa shape index (κ1) is 35.1. The molecule has 0 aromatic carbocycles. The van der Waals surface area contributed by atoms with Gasteiger partial charge in [-0.1, -0.05) is 0 Å². The summed E-state index contributed by atoms with van der Waals surface area (Å²) in [5.74, 6) is 1.20. The highest BCUT2D eigenvalue weighted by Crippen LogP contribution is 2.32. The fourth-order valence-corrected chi connectivity index (χ4v) is 6.33. The highest BCUT2D eigenvalue weighted by Gasteiger charge is 2.52. The van der Waals surface area contributed by atoms with E-state index in [0.717, 1.165) is 19.4 Å². The first-order chi connectivity index (χ1) is 20.8. The number of nitrogens with two attached hydrogens (primary N) is 4. The van der Waals surface area contributed by atoms with Crippen molar-refractivity contribution in [1.29, 1.82) is 0 Å². The number of urea groups is 1. The Morgan fingerprint density at radius 2 is 1.82 bits per heavy atom. The minimum Gasteiger partial charge on any atom is -0.467 e. The van der Waals surface area contributed by atoms with E-state index in [2.05, 4.69) is 16.0 Å². The molecule has 1 saturated heterocycles. The van der Waals surface area contributed by atoms with Crippen LogP contribution in [0.4, 0.5) is 4.79 Å². The van der Waals surface area contributed by atoms with Gasteiger partial charge in [0, 0.05) is 18.6 Å². The van der Waals surface area contributed by atoms with Crippen molar-refractivity contribution < 1.29 is 44.3 Å². The Kier molecular flexibility index (Phi) is 12.2. The number of nitrogens with zero attached hydrogens (tertiary/aromatic N) is 1. The lowest BCUT2D eigenvalue weighted by Crippen LogP contribution is -2.69. The minimum absolute atomic E-state index is 0.0162. The Balaban J connectivity index is 1.45. The summed E-state index contributed by atoms with van der Waals surface area (Å²) in [7, 11) is 1.58. The molecule has 254 valence electrons. The van der Waals surface area contributed by atoms with E-state index in [0.29, 0.717) is 29.7 Å². The first-order valence-corrected chi connectivity index (χ1v) is 15.3. The summed E-state index contributed by atoms with van der Waals surface area (Å²) in [5, 5.41) is 52.5. The molecule has 2 saturated carbocycles. The van der Waals surface area contributed by atoms with Crippen molar-refractivity contribution >= 4 is 6.03 Å². The van der Waals surface area contributed by atoms with Crippen molar-refractivity contribution in [2.75, 3.05) is 39.8 Å². The van der Waals surface area contributed by atoms with Crippen molar-refractivity contribution in [3.8, 4) is 0 Å². The Labute approximate surface area is 257 Å². The van der Waals surface area contributed by atoms with Crippen LogP contribution in [0, 0.1) is 5.92 Å². The standard InChI is InChI=1S/C27H52N8O9/c1-27(39)12-41-25(20(37)23(27)32-2)44-22-18(34-26(38)35(40)6-5-28)9-17(31)21(19(22)36)43-24-16(30)4-3-15(42-24)11-33-10-13-7-14(29)8-13/h3,13-14,16-25,32-33,36-37,39-40H,4-12,28-31H2,1-2H3,(H,34,38)/t13?,14?,16-,17+,18-,19+,20-,21?,22+,23-,24-,25-,27+/m1/s1. The van der Waals surface area contributed by atoms with E-state index < -0.39 is 72.8 Å². The average molecular weight is 633 g/mol. The third-order valence-corrected chi connectivity index (χ3v) is 8.86. The van der Waals surface area contributed by atoms with Crippen LogP contribution >= 0.6 is 0 Å². The summed E-state index contributed by atoms with van der Waals surface area (Å²) < 4.78 is 24.0. The molecule has 0 radical (unpaired) electrons. The molecule has 2 amide bonds. The van der Waals surface area contributed by atoms with Gasteiger partial charge in [-0.15, -0.1) is 0 Å². The van der Waals surface area contributed by atoms with Crippen LogP contribution in [-0.2, 0) is 18.9 Å². The molecule has 17 heteroatoms. The number of rotatable bonds is 12. The van der Waals surface area contributed by atoms with Crippen molar-refractivity contribution in [3.05, 3.63) is 11.8 Å². The molecule has 0 bridgehead atoms. The van der Waals surface area contributed by atoms with Crippen molar-refractivity contribution in [1.82, 2.24) is 21.0 Å². The van der Waals surface area contributed by atoms with Gasteiger partial charge in [0.15, 0.2) is 6.29 Å². The van der Waals surface area contributed by atoms with E-state index in [-0.39, 0.29) is 32.2 Å². The number of hydrogen-bond acceptors (Lipinski definition) is 15. The fourth-order valence-electron chi connectivity index (χ4n) is 6.33. The molecule has 15 N–H and O–H groups in total. The van der Waals surface area contributed by atoms with Crippen LogP contribution in [0.5, 0.6) is 0 Å². The summed E-state index contributed by atoms with van der Waals surface area (Å²) in [6, 6.07) is -3.72. The number of aliphatic hydroxyl groups excluding tert-OH is 2. The van der Waals surface area contributed by atoms with Crippen molar-refractivity contribution in [3.63, 3.8) is 0 Å². The molecule has 4 rings (SSSR count). The molecule has 1 unspecified atom stereocenters. The smallest absolute Gasteiger partial charge is 0.341 e. The molecule has 2 aliphatic heterocycles. The predicted octanol–water partition coefficient (Wildman–Crippen LogP) is -4.08. The van der Waals surface area contributed by atoms with Gasteiger partial charge in [-0.25, -0.2) is 9.86 Å². The summed E-state index contributed by atoms with van der Waals surface area (Å²) >= 11 is 0. The second-order valence-electron chi connectivity index (χ2n) is 12.6. The molecule has 17 nitrogen and oxygen atoms in total. The van der Waals surface area contributed by atoms with Crippen LogP contribution in [0.3, 0.4) is 0 Å². The number of hydrogen-bond donors (Lipinski definition) is 11. The molecule has 2 aliphatic carbocycles. The maximum absolute atomic E-state index is 12.7. The van der Waals surface area contributed by atoms with E-state index in [1.807, 2.05) is 6.08 Å². The maximum atomic E-state index is 12.7. The number of likely N-dealkylation sites (N-methyl/N-ethyl adjacent to an activating group) is 1. The largest absolute Gasteiger partial charge is 0.467 e. The zero-order valence-electron chi connectivity index (χ0n) is 25.5. The van der Waals surface area contributed by atoms with Gasteiger partial charge in [-0.05, 0) is 58.2 Å². The van der Waals surface area contributed by atoms with E-state index >= 15 is 0 Å². The second-order valence-corrected chi connectivity index (χ2v) is 12.6. The molecule has 0 aromatic rings. The van der Waals surface area contributed by atoms with E-state index in [1.54, 1.807) is 7.05 Å². The minimum atomic E-state index is -1.46. The first-order valence-electron chi connectivity index (χ1n) is 15.3. The molecular weight excluding hydrogens is 580 g/mol. The lowest BCUT2D eigenvalue weighted by Gasteiger charge is -2.48. The highest BCUT2D eigenvalue weighted by molar-refractivity contribution is 5.73. The molecule has 4 aliphatic rings. The van der Waals surface area contributed by atoms with E-state index in [4.69, 9.17) is 41.9 Å². The zero-order valence-corrected chi connectivity index (χ0v) is 25.5. The monoisotopic (exact) mass is 632 g/mol. The Hall–Kier alpha value is -1.71. The summed E-state index contributed by atoms with van der Waals surface area (Å²) in [6.45, 7) is 2.51. The number of amides is 2. The fraction of sp³-hybridized carbons (Fsp3) is 0.889. The second kappa shape index (κ2) is 15.3. The van der Waals surface area contributed by atoms with Crippen molar-refractivity contribution in [2.24, 2.45) is 28.9 Å². The lowest BCUT2D eigenvalue weighted by atomic mass is 9.81. The average Bonchev–Trinajstić information content (AvgIpc) is 2.94. The molecule has 0 spiro atoms. The highest BCUT2D eigenvalue weighted by atomic mass is 16.7. The Morgan fingerprint density at radius 3 is 2.48 bits per heavy atom. The predicted molar refractivity (Wildman–Crippen MR) is 157 cm³/mol. The van der Waals surface area contributed by atoms with Crippen LogP contribution in [0.25, 0.3) is 0 Å². The van der Waals surface area contributed by atoms with Crippen LogP contribution in [0.2, 0.25) is 0 Å². The van der Waals surface area contributed by atoms with Gasteiger partial charge in [0.05, 0.1) is 37.8 Å². The molecule has 11 atom stereocenters. The van der Waals surface area contributed by atoms with E-state index in [9.17, 15) is 25.3 Å². The molecule has 2 heterocycles. The summed E-state index contributed by atoms with van der Waals surface area (Å²) in [5.41, 5.74) is 22.7. The van der Waals surface area contributed by atoms with Crippen LogP contribution in [0.15, 0.2) is 11.8 Å². The number of hydroxylamine groups is 2. The summed E-state index contributed by atoms with van der Waals surface area (Å²) in [6.07, 6.45) is -2.88.